The maximum absolute atomic E-state index is 12.8. The summed E-state index contributed by atoms with van der Waals surface area (Å²) in [6.45, 7) is 1.16. The van der Waals surface area contributed by atoms with Crippen molar-refractivity contribution >= 4 is 9.84 Å². The largest absolute Gasteiger partial charge is 0.388 e. The predicted octanol–water partition coefficient (Wildman–Crippen LogP) is 1.51. The van der Waals surface area contributed by atoms with Crippen LogP contribution >= 0.6 is 0 Å². The summed E-state index contributed by atoms with van der Waals surface area (Å²) >= 11 is 0. The van der Waals surface area contributed by atoms with E-state index in [-0.39, 0.29) is 5.92 Å². The van der Waals surface area contributed by atoms with Crippen molar-refractivity contribution in [2.24, 2.45) is 5.92 Å². The Hall–Kier alpha value is -0.950. The van der Waals surface area contributed by atoms with E-state index < -0.39 is 26.5 Å². The lowest BCUT2D eigenvalue weighted by Gasteiger charge is -2.57. The molecule has 120 valence electrons. The molecule has 0 aromatic heterocycles. The molecule has 2 aliphatic carbocycles. The molecule has 1 spiro atoms. The van der Waals surface area contributed by atoms with E-state index in [0.29, 0.717) is 43.8 Å². The summed E-state index contributed by atoms with van der Waals surface area (Å²) in [4.78, 5) is 0.292. The van der Waals surface area contributed by atoms with Gasteiger partial charge in [0.15, 0.2) is 15.6 Å². The summed E-state index contributed by atoms with van der Waals surface area (Å²) in [7, 11) is -3.50. The van der Waals surface area contributed by atoms with Gasteiger partial charge in [0, 0.05) is 12.8 Å². The van der Waals surface area contributed by atoms with E-state index in [9.17, 15) is 13.5 Å². The van der Waals surface area contributed by atoms with Crippen LogP contribution in [0.15, 0.2) is 35.2 Å². The van der Waals surface area contributed by atoms with Crippen LogP contribution in [0.25, 0.3) is 0 Å². The highest BCUT2D eigenvalue weighted by molar-refractivity contribution is 7.92. The maximum atomic E-state index is 12.8. The minimum absolute atomic E-state index is 0.0668. The Kier molecular flexibility index (Phi) is 3.17. The lowest BCUT2D eigenvalue weighted by molar-refractivity contribution is -0.243. The second-order valence-corrected chi connectivity index (χ2v) is 8.71. The average molecular weight is 324 g/mol. The quantitative estimate of drug-likeness (QED) is 0.893. The number of ether oxygens (including phenoxy) is 2. The maximum Gasteiger partial charge on any atom is 0.184 e. The zero-order valence-corrected chi connectivity index (χ0v) is 13.1. The summed E-state index contributed by atoms with van der Waals surface area (Å²) in [5.41, 5.74) is -1.14. The summed E-state index contributed by atoms with van der Waals surface area (Å²) < 4.78 is 36.9. The van der Waals surface area contributed by atoms with E-state index in [0.717, 1.165) is 0 Å². The Morgan fingerprint density at radius 2 is 1.77 bits per heavy atom. The Balaban J connectivity index is 1.58. The third-order valence-corrected chi connectivity index (χ3v) is 7.77. The fourth-order valence-corrected chi connectivity index (χ4v) is 6.39. The van der Waals surface area contributed by atoms with E-state index >= 15 is 0 Å². The average Bonchev–Trinajstić information content (AvgIpc) is 2.97. The van der Waals surface area contributed by atoms with Gasteiger partial charge in [-0.05, 0) is 30.9 Å². The third kappa shape index (κ3) is 1.98. The van der Waals surface area contributed by atoms with Crippen LogP contribution in [0, 0.1) is 5.92 Å². The molecule has 5 nitrogen and oxygen atoms in total. The van der Waals surface area contributed by atoms with Crippen molar-refractivity contribution in [1.29, 1.82) is 0 Å². The lowest BCUT2D eigenvalue weighted by atomic mass is 9.60. The fraction of sp³-hybridized carbons (Fsp3) is 0.625. The van der Waals surface area contributed by atoms with Gasteiger partial charge in [-0.2, -0.15) is 0 Å². The SMILES string of the molecule is O=S(=O)(c1ccccc1)C1C[C@@H]2CC3(CC[C@]12O)OCCO3. The predicted molar refractivity (Wildman–Crippen MR) is 79.0 cm³/mol. The molecule has 3 aliphatic rings. The van der Waals surface area contributed by atoms with Crippen molar-refractivity contribution in [2.45, 2.75) is 47.2 Å². The van der Waals surface area contributed by atoms with Gasteiger partial charge in [0.25, 0.3) is 0 Å². The third-order valence-electron chi connectivity index (χ3n) is 5.49. The number of hydrogen-bond acceptors (Lipinski definition) is 5. The first kappa shape index (κ1) is 14.6. The van der Waals surface area contributed by atoms with Crippen molar-refractivity contribution in [1.82, 2.24) is 0 Å². The molecule has 1 aliphatic heterocycles. The minimum atomic E-state index is -3.50. The number of benzene rings is 1. The highest BCUT2D eigenvalue weighted by Gasteiger charge is 2.64. The van der Waals surface area contributed by atoms with E-state index in [1.165, 1.54) is 0 Å². The van der Waals surface area contributed by atoms with Crippen LogP contribution in [0.4, 0.5) is 0 Å². The van der Waals surface area contributed by atoms with E-state index in [1.807, 2.05) is 0 Å². The normalized spacial score (nSPS) is 36.8. The van der Waals surface area contributed by atoms with Crippen LogP contribution in [0.2, 0.25) is 0 Å². The van der Waals surface area contributed by atoms with Crippen molar-refractivity contribution < 1.29 is 23.0 Å². The first-order chi connectivity index (χ1) is 10.5. The molecule has 1 N–H and O–H groups in total. The Bertz CT molecular complexity index is 665. The lowest BCUT2D eigenvalue weighted by Crippen LogP contribution is -2.67. The molecule has 0 radical (unpaired) electrons. The van der Waals surface area contributed by atoms with Gasteiger partial charge < -0.3 is 14.6 Å². The molecular weight excluding hydrogens is 304 g/mol. The van der Waals surface area contributed by atoms with Gasteiger partial charge in [0.2, 0.25) is 0 Å². The molecule has 3 fully saturated rings. The first-order valence-corrected chi connectivity index (χ1v) is 9.30. The van der Waals surface area contributed by atoms with Crippen LogP contribution < -0.4 is 0 Å². The van der Waals surface area contributed by atoms with E-state index in [1.54, 1.807) is 30.3 Å². The molecule has 22 heavy (non-hydrogen) atoms. The monoisotopic (exact) mass is 324 g/mol. The summed E-state index contributed by atoms with van der Waals surface area (Å²) in [6, 6.07) is 8.40. The topological polar surface area (TPSA) is 72.8 Å². The van der Waals surface area contributed by atoms with Crippen molar-refractivity contribution in [3.8, 4) is 0 Å². The number of aliphatic hydroxyl groups is 1. The van der Waals surface area contributed by atoms with Gasteiger partial charge in [0.1, 0.15) is 0 Å². The van der Waals surface area contributed by atoms with Gasteiger partial charge in [-0.3, -0.25) is 0 Å². The highest BCUT2D eigenvalue weighted by atomic mass is 32.2. The van der Waals surface area contributed by atoms with E-state index in [4.69, 9.17) is 9.47 Å². The first-order valence-electron chi connectivity index (χ1n) is 7.76. The van der Waals surface area contributed by atoms with Crippen molar-refractivity contribution in [3.63, 3.8) is 0 Å². The molecule has 0 bridgehead atoms. The molecule has 0 amide bonds. The van der Waals surface area contributed by atoms with Gasteiger partial charge in [0.05, 0.1) is 29.0 Å². The molecule has 6 heteroatoms. The summed E-state index contributed by atoms with van der Waals surface area (Å²) in [6.07, 6.45) is 2.03. The molecule has 1 aromatic rings. The van der Waals surface area contributed by atoms with Crippen LogP contribution in [0.5, 0.6) is 0 Å². The second-order valence-electron chi connectivity index (χ2n) is 6.58. The molecule has 1 unspecified atom stereocenters. The fourth-order valence-electron chi connectivity index (χ4n) is 4.19. The zero-order chi connectivity index (χ0) is 15.4. The Morgan fingerprint density at radius 1 is 1.09 bits per heavy atom. The van der Waals surface area contributed by atoms with Crippen LogP contribution in [0.1, 0.15) is 25.7 Å². The molecule has 3 atom stereocenters. The number of rotatable bonds is 2. The molecule has 1 aromatic carbocycles. The number of hydrogen-bond donors (Lipinski definition) is 1. The molecule has 1 heterocycles. The molecular formula is C16H20O5S. The smallest absolute Gasteiger partial charge is 0.184 e. The Labute approximate surface area is 130 Å². The molecule has 4 rings (SSSR count). The second kappa shape index (κ2) is 4.77. The standard InChI is InChI=1S/C16H20O5S/c17-16-7-6-15(20-8-9-21-15)11-12(16)10-14(16)22(18,19)13-4-2-1-3-5-13/h1-5,12,14,17H,6-11H2/t12-,14?,16-/m1/s1. The van der Waals surface area contributed by atoms with Crippen molar-refractivity contribution in [3.05, 3.63) is 30.3 Å². The minimum Gasteiger partial charge on any atom is -0.388 e. The van der Waals surface area contributed by atoms with Crippen molar-refractivity contribution in [2.75, 3.05) is 13.2 Å². The summed E-state index contributed by atoms with van der Waals surface area (Å²) in [5, 5.41) is 10.2. The van der Waals surface area contributed by atoms with Crippen LogP contribution in [-0.4, -0.2) is 43.4 Å². The van der Waals surface area contributed by atoms with Crippen LogP contribution in [0.3, 0.4) is 0 Å². The van der Waals surface area contributed by atoms with Gasteiger partial charge in [-0.25, -0.2) is 8.42 Å². The number of sulfone groups is 1. The zero-order valence-electron chi connectivity index (χ0n) is 12.3. The summed E-state index contributed by atoms with van der Waals surface area (Å²) in [5.74, 6) is -0.652. The van der Waals surface area contributed by atoms with Gasteiger partial charge in [-0.15, -0.1) is 0 Å². The van der Waals surface area contributed by atoms with Gasteiger partial charge in [-0.1, -0.05) is 18.2 Å². The van der Waals surface area contributed by atoms with Gasteiger partial charge >= 0.3 is 0 Å². The highest BCUT2D eigenvalue weighted by Crippen LogP contribution is 2.56. The molecule has 1 saturated heterocycles. The number of fused-ring (bicyclic) bond motifs is 1. The van der Waals surface area contributed by atoms with Crippen LogP contribution in [-0.2, 0) is 19.3 Å². The Morgan fingerprint density at radius 3 is 2.41 bits per heavy atom. The molecule has 2 saturated carbocycles. The van der Waals surface area contributed by atoms with E-state index in [2.05, 4.69) is 0 Å².